The standard InChI is InChI=1S/C12H14FN3/c1-8-11(16(2)12(14)15-8)7-9-3-5-10(13)6-4-9/h3-6H,7H2,1-2H3,(H2,14,15). The van der Waals surface area contributed by atoms with Crippen LogP contribution in [0.4, 0.5) is 10.3 Å². The lowest BCUT2D eigenvalue weighted by Gasteiger charge is -2.04. The van der Waals surface area contributed by atoms with Crippen molar-refractivity contribution in [1.82, 2.24) is 9.55 Å². The summed E-state index contributed by atoms with van der Waals surface area (Å²) in [6.45, 7) is 1.93. The van der Waals surface area contributed by atoms with Crippen molar-refractivity contribution in [2.24, 2.45) is 7.05 Å². The molecule has 0 amide bonds. The van der Waals surface area contributed by atoms with Crippen LogP contribution in [0.3, 0.4) is 0 Å². The summed E-state index contributed by atoms with van der Waals surface area (Å²) in [6, 6.07) is 6.48. The van der Waals surface area contributed by atoms with Gasteiger partial charge in [-0.15, -0.1) is 0 Å². The quantitative estimate of drug-likeness (QED) is 0.840. The topological polar surface area (TPSA) is 43.8 Å². The van der Waals surface area contributed by atoms with E-state index in [1.807, 2.05) is 18.5 Å². The van der Waals surface area contributed by atoms with Crippen molar-refractivity contribution in [3.8, 4) is 0 Å². The fourth-order valence-electron chi connectivity index (χ4n) is 1.73. The maximum absolute atomic E-state index is 12.8. The van der Waals surface area contributed by atoms with E-state index in [9.17, 15) is 4.39 Å². The highest BCUT2D eigenvalue weighted by molar-refractivity contribution is 5.32. The lowest BCUT2D eigenvalue weighted by atomic mass is 10.1. The molecule has 84 valence electrons. The van der Waals surface area contributed by atoms with E-state index < -0.39 is 0 Å². The maximum atomic E-state index is 12.8. The molecule has 0 spiro atoms. The van der Waals surface area contributed by atoms with Gasteiger partial charge in [-0.1, -0.05) is 12.1 Å². The van der Waals surface area contributed by atoms with Crippen molar-refractivity contribution in [1.29, 1.82) is 0 Å². The van der Waals surface area contributed by atoms with Crippen molar-refractivity contribution < 1.29 is 4.39 Å². The number of anilines is 1. The molecular formula is C12H14FN3. The minimum atomic E-state index is -0.218. The SMILES string of the molecule is Cc1nc(N)n(C)c1Cc1ccc(F)cc1. The smallest absolute Gasteiger partial charge is 0.200 e. The van der Waals surface area contributed by atoms with Gasteiger partial charge in [0.15, 0.2) is 5.95 Å². The number of rotatable bonds is 2. The van der Waals surface area contributed by atoms with Gasteiger partial charge in [0.05, 0.1) is 5.69 Å². The van der Waals surface area contributed by atoms with E-state index in [-0.39, 0.29) is 5.82 Å². The van der Waals surface area contributed by atoms with Crippen LogP contribution in [0.2, 0.25) is 0 Å². The largest absolute Gasteiger partial charge is 0.369 e. The molecule has 4 heteroatoms. The van der Waals surface area contributed by atoms with Gasteiger partial charge in [-0.05, 0) is 24.6 Å². The Morgan fingerprint density at radius 3 is 2.44 bits per heavy atom. The molecule has 1 heterocycles. The summed E-state index contributed by atoms with van der Waals surface area (Å²) in [5, 5.41) is 0. The number of halogens is 1. The first-order chi connectivity index (χ1) is 7.58. The van der Waals surface area contributed by atoms with Crippen LogP contribution in [0.25, 0.3) is 0 Å². The summed E-state index contributed by atoms with van der Waals surface area (Å²) in [5.74, 6) is 0.291. The van der Waals surface area contributed by atoms with Crippen LogP contribution in [0.1, 0.15) is 17.0 Å². The molecule has 2 aromatic rings. The van der Waals surface area contributed by atoms with E-state index in [1.54, 1.807) is 12.1 Å². The first-order valence-electron chi connectivity index (χ1n) is 5.10. The fraction of sp³-hybridized carbons (Fsp3) is 0.250. The third-order valence-corrected chi connectivity index (χ3v) is 2.73. The number of hydrogen-bond acceptors (Lipinski definition) is 2. The van der Waals surface area contributed by atoms with Crippen LogP contribution in [0.15, 0.2) is 24.3 Å². The molecule has 0 aliphatic carbocycles. The van der Waals surface area contributed by atoms with E-state index in [0.717, 1.165) is 17.0 Å². The average Bonchev–Trinajstić information content (AvgIpc) is 2.48. The lowest BCUT2D eigenvalue weighted by molar-refractivity contribution is 0.627. The van der Waals surface area contributed by atoms with Crippen LogP contribution >= 0.6 is 0 Å². The van der Waals surface area contributed by atoms with E-state index in [1.165, 1.54) is 12.1 Å². The fourth-order valence-corrected chi connectivity index (χ4v) is 1.73. The Bertz CT molecular complexity index is 500. The first-order valence-corrected chi connectivity index (χ1v) is 5.10. The van der Waals surface area contributed by atoms with Crippen LogP contribution in [0.5, 0.6) is 0 Å². The Morgan fingerprint density at radius 2 is 1.94 bits per heavy atom. The van der Waals surface area contributed by atoms with E-state index >= 15 is 0 Å². The third-order valence-electron chi connectivity index (χ3n) is 2.73. The van der Waals surface area contributed by atoms with Gasteiger partial charge in [0.25, 0.3) is 0 Å². The second-order valence-electron chi connectivity index (χ2n) is 3.86. The minimum Gasteiger partial charge on any atom is -0.369 e. The predicted molar refractivity (Wildman–Crippen MR) is 61.6 cm³/mol. The Balaban J connectivity index is 2.30. The van der Waals surface area contributed by atoms with Gasteiger partial charge in [0, 0.05) is 19.2 Å². The number of nitrogen functional groups attached to an aromatic ring is 1. The van der Waals surface area contributed by atoms with Gasteiger partial charge in [0.2, 0.25) is 0 Å². The number of imidazole rings is 1. The van der Waals surface area contributed by atoms with Crippen molar-refractivity contribution >= 4 is 5.95 Å². The molecule has 0 aliphatic heterocycles. The summed E-state index contributed by atoms with van der Waals surface area (Å²) >= 11 is 0. The normalized spacial score (nSPS) is 10.7. The molecule has 0 bridgehead atoms. The molecule has 2 rings (SSSR count). The van der Waals surface area contributed by atoms with Gasteiger partial charge < -0.3 is 10.3 Å². The highest BCUT2D eigenvalue weighted by atomic mass is 19.1. The van der Waals surface area contributed by atoms with Crippen LogP contribution in [0, 0.1) is 12.7 Å². The molecule has 0 saturated carbocycles. The van der Waals surface area contributed by atoms with Crippen LogP contribution < -0.4 is 5.73 Å². The van der Waals surface area contributed by atoms with Crippen LogP contribution in [-0.4, -0.2) is 9.55 Å². The molecule has 0 fully saturated rings. The van der Waals surface area contributed by atoms with Gasteiger partial charge in [-0.25, -0.2) is 9.37 Å². The monoisotopic (exact) mass is 219 g/mol. The number of nitrogens with zero attached hydrogens (tertiary/aromatic N) is 2. The zero-order valence-electron chi connectivity index (χ0n) is 9.37. The third kappa shape index (κ3) is 1.91. The zero-order chi connectivity index (χ0) is 11.7. The summed E-state index contributed by atoms with van der Waals surface area (Å²) in [6.07, 6.45) is 0.715. The molecule has 16 heavy (non-hydrogen) atoms. The van der Waals surface area contributed by atoms with E-state index in [0.29, 0.717) is 12.4 Å². The molecule has 0 unspecified atom stereocenters. The molecule has 2 N–H and O–H groups in total. The summed E-state index contributed by atoms with van der Waals surface area (Å²) in [4.78, 5) is 4.19. The summed E-state index contributed by atoms with van der Waals surface area (Å²) < 4.78 is 14.6. The first kappa shape index (κ1) is 10.7. The zero-order valence-corrected chi connectivity index (χ0v) is 9.37. The maximum Gasteiger partial charge on any atom is 0.200 e. The van der Waals surface area contributed by atoms with Gasteiger partial charge >= 0.3 is 0 Å². The number of hydrogen-bond donors (Lipinski definition) is 1. The highest BCUT2D eigenvalue weighted by Crippen LogP contribution is 2.16. The molecular weight excluding hydrogens is 205 g/mol. The average molecular weight is 219 g/mol. The second kappa shape index (κ2) is 3.96. The second-order valence-corrected chi connectivity index (χ2v) is 3.86. The number of benzene rings is 1. The van der Waals surface area contributed by atoms with Gasteiger partial charge in [0.1, 0.15) is 5.82 Å². The van der Waals surface area contributed by atoms with Gasteiger partial charge in [-0.3, -0.25) is 0 Å². The Morgan fingerprint density at radius 1 is 1.31 bits per heavy atom. The Hall–Kier alpha value is -1.84. The molecule has 0 radical (unpaired) electrons. The summed E-state index contributed by atoms with van der Waals surface area (Å²) in [7, 11) is 1.88. The molecule has 1 aromatic heterocycles. The number of aryl methyl sites for hydroxylation is 1. The van der Waals surface area contributed by atoms with E-state index in [2.05, 4.69) is 4.98 Å². The predicted octanol–water partition coefficient (Wildman–Crippen LogP) is 2.04. The van der Waals surface area contributed by atoms with E-state index in [4.69, 9.17) is 5.73 Å². The molecule has 0 aliphatic rings. The summed E-state index contributed by atoms with van der Waals surface area (Å²) in [5.41, 5.74) is 8.74. The van der Waals surface area contributed by atoms with Crippen molar-refractivity contribution in [2.75, 3.05) is 5.73 Å². The van der Waals surface area contributed by atoms with Gasteiger partial charge in [-0.2, -0.15) is 0 Å². The van der Waals surface area contributed by atoms with Crippen molar-refractivity contribution in [2.45, 2.75) is 13.3 Å². The molecule has 3 nitrogen and oxygen atoms in total. The van der Waals surface area contributed by atoms with Crippen LogP contribution in [-0.2, 0) is 13.5 Å². The lowest BCUT2D eigenvalue weighted by Crippen LogP contribution is -2.02. The highest BCUT2D eigenvalue weighted by Gasteiger charge is 2.09. The molecule has 0 atom stereocenters. The van der Waals surface area contributed by atoms with Crippen molar-refractivity contribution in [3.05, 3.63) is 47.0 Å². The Kier molecular flexibility index (Phi) is 2.64. The Labute approximate surface area is 93.7 Å². The number of nitrogens with two attached hydrogens (primary N) is 1. The molecule has 0 saturated heterocycles. The minimum absolute atomic E-state index is 0.218. The number of aromatic nitrogens is 2. The molecule has 1 aromatic carbocycles. The van der Waals surface area contributed by atoms with Crippen molar-refractivity contribution in [3.63, 3.8) is 0 Å².